The van der Waals surface area contributed by atoms with Gasteiger partial charge in [-0.3, -0.25) is 4.79 Å². The summed E-state index contributed by atoms with van der Waals surface area (Å²) in [5.41, 5.74) is 6.82. The minimum absolute atomic E-state index is 0.0177. The van der Waals surface area contributed by atoms with Crippen LogP contribution in [0.2, 0.25) is 0 Å². The van der Waals surface area contributed by atoms with E-state index >= 15 is 0 Å². The molecule has 1 aromatic rings. The van der Waals surface area contributed by atoms with E-state index in [1.54, 1.807) is 18.2 Å². The first kappa shape index (κ1) is 13.1. The van der Waals surface area contributed by atoms with Crippen molar-refractivity contribution in [2.24, 2.45) is 0 Å². The molecule has 6 nitrogen and oxygen atoms in total. The molecule has 0 amide bonds. The first-order chi connectivity index (χ1) is 8.13. The van der Waals surface area contributed by atoms with E-state index in [1.165, 1.54) is 0 Å². The van der Waals surface area contributed by atoms with Crippen molar-refractivity contribution in [3.05, 3.63) is 18.2 Å². The van der Waals surface area contributed by atoms with Crippen molar-refractivity contribution in [2.45, 2.75) is 6.42 Å². The number of rotatable bonds is 7. The zero-order valence-corrected chi connectivity index (χ0v) is 9.35. The van der Waals surface area contributed by atoms with Crippen LogP contribution in [0.5, 0.6) is 5.75 Å². The Hall–Kier alpha value is -1.95. The van der Waals surface area contributed by atoms with Gasteiger partial charge in [0.1, 0.15) is 12.4 Å². The number of carbonyl (C=O) groups is 1. The van der Waals surface area contributed by atoms with Crippen LogP contribution in [-0.2, 0) is 4.79 Å². The first-order valence-electron chi connectivity index (χ1n) is 5.22. The molecule has 17 heavy (non-hydrogen) atoms. The zero-order chi connectivity index (χ0) is 12.7. The molecule has 6 heteroatoms. The highest BCUT2D eigenvalue weighted by Crippen LogP contribution is 2.26. The zero-order valence-electron chi connectivity index (χ0n) is 9.35. The third kappa shape index (κ3) is 4.60. The molecule has 94 valence electrons. The maximum Gasteiger partial charge on any atom is 0.305 e. The molecule has 0 heterocycles. The Morgan fingerprint density at radius 2 is 2.24 bits per heavy atom. The topological polar surface area (TPSA) is 105 Å². The molecule has 1 rings (SSSR count). The van der Waals surface area contributed by atoms with Crippen LogP contribution in [0.3, 0.4) is 0 Å². The average Bonchev–Trinajstić information content (AvgIpc) is 2.28. The molecule has 0 unspecified atom stereocenters. The first-order valence-corrected chi connectivity index (χ1v) is 5.22. The van der Waals surface area contributed by atoms with E-state index in [-0.39, 0.29) is 19.6 Å². The Labute approximate surface area is 99.0 Å². The second kappa shape index (κ2) is 6.59. The van der Waals surface area contributed by atoms with E-state index in [9.17, 15) is 4.79 Å². The summed E-state index contributed by atoms with van der Waals surface area (Å²) >= 11 is 0. The Morgan fingerprint density at radius 1 is 1.47 bits per heavy atom. The van der Waals surface area contributed by atoms with Crippen LogP contribution >= 0.6 is 0 Å². The fourth-order valence-corrected chi connectivity index (χ4v) is 1.26. The van der Waals surface area contributed by atoms with Crippen LogP contribution in [0.25, 0.3) is 0 Å². The highest BCUT2D eigenvalue weighted by molar-refractivity contribution is 5.68. The third-order valence-electron chi connectivity index (χ3n) is 2.01. The fourth-order valence-electron chi connectivity index (χ4n) is 1.26. The lowest BCUT2D eigenvalue weighted by Gasteiger charge is -2.12. The van der Waals surface area contributed by atoms with Gasteiger partial charge in [-0.2, -0.15) is 0 Å². The number of benzene rings is 1. The van der Waals surface area contributed by atoms with Gasteiger partial charge in [0.15, 0.2) is 0 Å². The summed E-state index contributed by atoms with van der Waals surface area (Å²) in [7, 11) is 0. The molecule has 0 spiro atoms. The van der Waals surface area contributed by atoms with Crippen molar-refractivity contribution in [1.29, 1.82) is 0 Å². The van der Waals surface area contributed by atoms with Gasteiger partial charge in [-0.15, -0.1) is 0 Å². The molecule has 0 aliphatic rings. The highest BCUT2D eigenvalue weighted by atomic mass is 16.5. The lowest BCUT2D eigenvalue weighted by molar-refractivity contribution is -0.136. The van der Waals surface area contributed by atoms with Gasteiger partial charge in [0, 0.05) is 18.3 Å². The van der Waals surface area contributed by atoms with Gasteiger partial charge in [-0.25, -0.2) is 0 Å². The van der Waals surface area contributed by atoms with Crippen LogP contribution < -0.4 is 15.8 Å². The smallest absolute Gasteiger partial charge is 0.305 e. The molecule has 0 aromatic heterocycles. The number of anilines is 2. The van der Waals surface area contributed by atoms with Crippen molar-refractivity contribution in [2.75, 3.05) is 30.8 Å². The normalized spacial score (nSPS) is 9.94. The monoisotopic (exact) mass is 240 g/mol. The van der Waals surface area contributed by atoms with Crippen molar-refractivity contribution >= 4 is 17.3 Å². The second-order valence-corrected chi connectivity index (χ2v) is 3.40. The number of carboxylic acid groups (broad SMARTS) is 1. The summed E-state index contributed by atoms with van der Waals surface area (Å²) in [5, 5.41) is 20.1. The second-order valence-electron chi connectivity index (χ2n) is 3.40. The summed E-state index contributed by atoms with van der Waals surface area (Å²) in [5.74, 6) is -0.366. The van der Waals surface area contributed by atoms with Crippen molar-refractivity contribution in [3.8, 4) is 5.75 Å². The SMILES string of the molecule is Nc1ccc(NCCC(=O)O)c(OCCO)c1. The number of carboxylic acids is 1. The van der Waals surface area contributed by atoms with Crippen LogP contribution in [0.1, 0.15) is 6.42 Å². The lowest BCUT2D eigenvalue weighted by Crippen LogP contribution is -2.10. The van der Waals surface area contributed by atoms with E-state index in [1.807, 2.05) is 0 Å². The number of hydrogen-bond donors (Lipinski definition) is 4. The molecule has 0 saturated heterocycles. The number of nitrogen functional groups attached to an aromatic ring is 1. The average molecular weight is 240 g/mol. The largest absolute Gasteiger partial charge is 0.489 e. The molecule has 5 N–H and O–H groups in total. The molecule has 0 aliphatic heterocycles. The van der Waals surface area contributed by atoms with E-state index in [2.05, 4.69) is 5.32 Å². The minimum atomic E-state index is -0.870. The van der Waals surface area contributed by atoms with Crippen molar-refractivity contribution in [1.82, 2.24) is 0 Å². The summed E-state index contributed by atoms with van der Waals surface area (Å²) in [4.78, 5) is 10.4. The molecule has 1 aromatic carbocycles. The summed E-state index contributed by atoms with van der Waals surface area (Å²) in [6.45, 7) is 0.370. The number of aliphatic hydroxyl groups excluding tert-OH is 1. The number of aliphatic hydroxyl groups is 1. The minimum Gasteiger partial charge on any atom is -0.489 e. The molecule has 0 aliphatic carbocycles. The van der Waals surface area contributed by atoms with Gasteiger partial charge >= 0.3 is 5.97 Å². The van der Waals surface area contributed by atoms with Gasteiger partial charge in [0.05, 0.1) is 18.7 Å². The van der Waals surface area contributed by atoms with Gasteiger partial charge in [-0.05, 0) is 12.1 Å². The fraction of sp³-hybridized carbons (Fsp3) is 0.364. The van der Waals surface area contributed by atoms with Gasteiger partial charge in [0.2, 0.25) is 0 Å². The lowest BCUT2D eigenvalue weighted by atomic mass is 10.2. The van der Waals surface area contributed by atoms with Crippen LogP contribution in [-0.4, -0.2) is 35.9 Å². The van der Waals surface area contributed by atoms with E-state index < -0.39 is 5.97 Å². The van der Waals surface area contributed by atoms with E-state index in [0.29, 0.717) is 23.7 Å². The molecule has 0 radical (unpaired) electrons. The Morgan fingerprint density at radius 3 is 2.88 bits per heavy atom. The Balaban J connectivity index is 2.64. The third-order valence-corrected chi connectivity index (χ3v) is 2.01. The Bertz CT molecular complexity index is 382. The molecule has 0 fully saturated rings. The molecular formula is C11H16N2O4. The molecular weight excluding hydrogens is 224 g/mol. The van der Waals surface area contributed by atoms with Crippen LogP contribution in [0.4, 0.5) is 11.4 Å². The van der Waals surface area contributed by atoms with E-state index in [4.69, 9.17) is 20.7 Å². The number of aliphatic carboxylic acids is 1. The van der Waals surface area contributed by atoms with E-state index in [0.717, 1.165) is 0 Å². The predicted molar refractivity (Wildman–Crippen MR) is 64.2 cm³/mol. The summed E-state index contributed by atoms with van der Waals surface area (Å²) < 4.78 is 5.28. The van der Waals surface area contributed by atoms with Crippen LogP contribution in [0.15, 0.2) is 18.2 Å². The quantitative estimate of drug-likeness (QED) is 0.518. The summed E-state index contributed by atoms with van der Waals surface area (Å²) in [6.07, 6.45) is 0.0177. The highest BCUT2D eigenvalue weighted by Gasteiger charge is 2.05. The number of nitrogens with one attached hydrogen (secondary N) is 1. The predicted octanol–water partition coefficient (Wildman–Crippen LogP) is 0.526. The van der Waals surface area contributed by atoms with Gasteiger partial charge in [0.25, 0.3) is 0 Å². The maximum atomic E-state index is 10.4. The standard InChI is InChI=1S/C11H16N2O4/c12-8-1-2-9(13-4-3-11(15)16)10(7-8)17-6-5-14/h1-2,7,13-14H,3-6,12H2,(H,15,16). The molecule has 0 saturated carbocycles. The van der Waals surface area contributed by atoms with Gasteiger partial charge < -0.3 is 26.0 Å². The van der Waals surface area contributed by atoms with Crippen molar-refractivity contribution in [3.63, 3.8) is 0 Å². The molecule has 0 atom stereocenters. The molecule has 0 bridgehead atoms. The van der Waals surface area contributed by atoms with Crippen molar-refractivity contribution < 1.29 is 19.7 Å². The number of nitrogens with two attached hydrogens (primary N) is 1. The number of hydrogen-bond acceptors (Lipinski definition) is 5. The Kier molecular flexibility index (Phi) is 5.09. The summed E-state index contributed by atoms with van der Waals surface area (Å²) in [6, 6.07) is 5.03. The van der Waals surface area contributed by atoms with Gasteiger partial charge in [-0.1, -0.05) is 0 Å². The number of ether oxygens (including phenoxy) is 1. The van der Waals surface area contributed by atoms with Crippen LogP contribution in [0, 0.1) is 0 Å². The maximum absolute atomic E-state index is 10.4.